The Labute approximate surface area is 117 Å². The van der Waals surface area contributed by atoms with Gasteiger partial charge in [0.2, 0.25) is 0 Å². The molecule has 2 aromatic rings. The van der Waals surface area contributed by atoms with Crippen LogP contribution in [0.1, 0.15) is 11.1 Å². The largest absolute Gasteiger partial charge is 0.366 e. The Bertz CT molecular complexity index is 593. The Morgan fingerprint density at radius 3 is 2.60 bits per heavy atom. The number of nitrogens with one attached hydrogen (secondary N) is 1. The lowest BCUT2D eigenvalue weighted by Gasteiger charge is -2.24. The van der Waals surface area contributed by atoms with Gasteiger partial charge in [-0.05, 0) is 29.3 Å². The van der Waals surface area contributed by atoms with Crippen molar-refractivity contribution in [3.63, 3.8) is 0 Å². The molecule has 0 saturated carbocycles. The summed E-state index contributed by atoms with van der Waals surface area (Å²) in [7, 11) is 0. The highest BCUT2D eigenvalue weighted by atomic mass is 19.1. The van der Waals surface area contributed by atoms with E-state index in [2.05, 4.69) is 22.3 Å². The van der Waals surface area contributed by atoms with Crippen molar-refractivity contribution in [2.24, 2.45) is 0 Å². The van der Waals surface area contributed by atoms with Crippen LogP contribution in [-0.2, 0) is 13.1 Å². The normalized spacial score (nSPS) is 14.8. The van der Waals surface area contributed by atoms with Gasteiger partial charge in [-0.3, -0.25) is 0 Å². The van der Waals surface area contributed by atoms with Crippen LogP contribution in [0.4, 0.5) is 14.5 Å². The molecule has 0 fully saturated rings. The molecule has 1 heterocycles. The van der Waals surface area contributed by atoms with Gasteiger partial charge >= 0.3 is 0 Å². The molecule has 0 spiro atoms. The second-order valence-corrected chi connectivity index (χ2v) is 5.00. The van der Waals surface area contributed by atoms with Gasteiger partial charge in [-0.15, -0.1) is 0 Å². The van der Waals surface area contributed by atoms with E-state index in [9.17, 15) is 8.78 Å². The Kier molecular flexibility index (Phi) is 3.65. The van der Waals surface area contributed by atoms with Gasteiger partial charge in [-0.2, -0.15) is 0 Å². The van der Waals surface area contributed by atoms with E-state index in [0.29, 0.717) is 12.1 Å². The molecule has 1 N–H and O–H groups in total. The fourth-order valence-corrected chi connectivity index (χ4v) is 2.61. The second-order valence-electron chi connectivity index (χ2n) is 5.00. The SMILES string of the molecule is Fc1cc(F)cc(CN2CCNCc3ccccc32)c1. The van der Waals surface area contributed by atoms with E-state index >= 15 is 0 Å². The van der Waals surface area contributed by atoms with E-state index in [0.717, 1.165) is 31.4 Å². The van der Waals surface area contributed by atoms with Gasteiger partial charge in [-0.25, -0.2) is 8.78 Å². The summed E-state index contributed by atoms with van der Waals surface area (Å²) < 4.78 is 26.6. The lowest BCUT2D eigenvalue weighted by atomic mass is 10.1. The van der Waals surface area contributed by atoms with Gasteiger partial charge in [0.25, 0.3) is 0 Å². The number of para-hydroxylation sites is 1. The third-order valence-corrected chi connectivity index (χ3v) is 3.50. The standard InChI is InChI=1S/C16H16F2N2/c17-14-7-12(8-15(18)9-14)11-20-6-5-19-10-13-3-1-2-4-16(13)20/h1-4,7-9,19H,5-6,10-11H2. The Morgan fingerprint density at radius 2 is 1.80 bits per heavy atom. The number of hydrogen-bond acceptors (Lipinski definition) is 2. The van der Waals surface area contributed by atoms with E-state index in [1.165, 1.54) is 17.7 Å². The van der Waals surface area contributed by atoms with E-state index < -0.39 is 11.6 Å². The summed E-state index contributed by atoms with van der Waals surface area (Å²) >= 11 is 0. The van der Waals surface area contributed by atoms with Gasteiger partial charge in [0.15, 0.2) is 0 Å². The summed E-state index contributed by atoms with van der Waals surface area (Å²) in [6.07, 6.45) is 0. The molecule has 0 bridgehead atoms. The van der Waals surface area contributed by atoms with E-state index in [1.54, 1.807) is 0 Å². The average molecular weight is 274 g/mol. The maximum Gasteiger partial charge on any atom is 0.126 e. The third-order valence-electron chi connectivity index (χ3n) is 3.50. The van der Waals surface area contributed by atoms with Crippen LogP contribution < -0.4 is 10.2 Å². The van der Waals surface area contributed by atoms with Crippen molar-refractivity contribution in [1.29, 1.82) is 0 Å². The third kappa shape index (κ3) is 2.80. The number of rotatable bonds is 2. The zero-order valence-corrected chi connectivity index (χ0v) is 11.1. The van der Waals surface area contributed by atoms with Gasteiger partial charge in [0.1, 0.15) is 11.6 Å². The maximum absolute atomic E-state index is 13.3. The van der Waals surface area contributed by atoms with Crippen molar-refractivity contribution >= 4 is 5.69 Å². The molecule has 0 aromatic heterocycles. The van der Waals surface area contributed by atoms with Gasteiger partial charge in [-0.1, -0.05) is 18.2 Å². The highest BCUT2D eigenvalue weighted by Crippen LogP contribution is 2.24. The number of halogens is 2. The first kappa shape index (κ1) is 13.1. The Balaban J connectivity index is 1.90. The zero-order valence-electron chi connectivity index (χ0n) is 11.1. The lowest BCUT2D eigenvalue weighted by molar-refractivity contribution is 0.578. The first-order chi connectivity index (χ1) is 9.72. The van der Waals surface area contributed by atoms with Crippen molar-refractivity contribution < 1.29 is 8.78 Å². The molecule has 0 aliphatic carbocycles. The maximum atomic E-state index is 13.3. The predicted octanol–water partition coefficient (Wildman–Crippen LogP) is 3.07. The minimum absolute atomic E-state index is 0.507. The highest BCUT2D eigenvalue weighted by Gasteiger charge is 2.15. The van der Waals surface area contributed by atoms with Gasteiger partial charge in [0.05, 0.1) is 0 Å². The Hall–Kier alpha value is -1.94. The summed E-state index contributed by atoms with van der Waals surface area (Å²) in [5.41, 5.74) is 2.99. The fourth-order valence-electron chi connectivity index (χ4n) is 2.61. The van der Waals surface area contributed by atoms with Gasteiger partial charge < -0.3 is 10.2 Å². The zero-order chi connectivity index (χ0) is 13.9. The minimum atomic E-state index is -0.527. The molecule has 20 heavy (non-hydrogen) atoms. The van der Waals surface area contributed by atoms with Crippen LogP contribution in [0.3, 0.4) is 0 Å². The highest BCUT2D eigenvalue weighted by molar-refractivity contribution is 5.54. The summed E-state index contributed by atoms with van der Waals surface area (Å²) in [4.78, 5) is 2.16. The van der Waals surface area contributed by atoms with E-state index in [-0.39, 0.29) is 0 Å². The molecule has 0 radical (unpaired) electrons. The minimum Gasteiger partial charge on any atom is -0.366 e. The number of anilines is 1. The first-order valence-electron chi connectivity index (χ1n) is 6.71. The second kappa shape index (κ2) is 5.59. The van der Waals surface area contributed by atoms with Crippen LogP contribution in [0.25, 0.3) is 0 Å². The molecule has 0 unspecified atom stereocenters. The smallest absolute Gasteiger partial charge is 0.126 e. The van der Waals surface area contributed by atoms with Gasteiger partial charge in [0, 0.05) is 37.9 Å². The van der Waals surface area contributed by atoms with Crippen molar-refractivity contribution in [3.8, 4) is 0 Å². The number of fused-ring (bicyclic) bond motifs is 1. The number of benzene rings is 2. The van der Waals surface area contributed by atoms with Crippen molar-refractivity contribution in [1.82, 2.24) is 5.32 Å². The summed E-state index contributed by atoms with van der Waals surface area (Å²) in [5, 5.41) is 3.35. The summed E-state index contributed by atoms with van der Waals surface area (Å²) in [5.74, 6) is -1.05. The molecular weight excluding hydrogens is 258 g/mol. The number of hydrogen-bond donors (Lipinski definition) is 1. The van der Waals surface area contributed by atoms with Crippen LogP contribution in [0.15, 0.2) is 42.5 Å². The molecule has 3 rings (SSSR count). The molecule has 1 aliphatic rings. The van der Waals surface area contributed by atoms with E-state index in [4.69, 9.17) is 0 Å². The van der Waals surface area contributed by atoms with Crippen molar-refractivity contribution in [2.75, 3.05) is 18.0 Å². The molecule has 2 aromatic carbocycles. The van der Waals surface area contributed by atoms with Crippen LogP contribution in [0.2, 0.25) is 0 Å². The molecule has 0 atom stereocenters. The molecule has 1 aliphatic heterocycles. The number of nitrogens with zero attached hydrogens (tertiary/aromatic N) is 1. The van der Waals surface area contributed by atoms with E-state index in [1.807, 2.05) is 12.1 Å². The van der Waals surface area contributed by atoms with Crippen LogP contribution in [0, 0.1) is 11.6 Å². The summed E-state index contributed by atoms with van der Waals surface area (Å²) in [6.45, 7) is 3.00. The van der Waals surface area contributed by atoms with Crippen LogP contribution >= 0.6 is 0 Å². The first-order valence-corrected chi connectivity index (χ1v) is 6.71. The van der Waals surface area contributed by atoms with Crippen molar-refractivity contribution in [3.05, 3.63) is 65.2 Å². The Morgan fingerprint density at radius 1 is 1.05 bits per heavy atom. The molecule has 0 saturated heterocycles. The quantitative estimate of drug-likeness (QED) is 0.905. The molecule has 104 valence electrons. The molecular formula is C16H16F2N2. The predicted molar refractivity (Wildman–Crippen MR) is 75.6 cm³/mol. The molecule has 2 nitrogen and oxygen atoms in total. The monoisotopic (exact) mass is 274 g/mol. The summed E-state index contributed by atoms with van der Waals surface area (Å²) in [6, 6.07) is 11.8. The molecule has 0 amide bonds. The lowest BCUT2D eigenvalue weighted by Crippen LogP contribution is -2.28. The van der Waals surface area contributed by atoms with Crippen molar-refractivity contribution in [2.45, 2.75) is 13.1 Å². The average Bonchev–Trinajstić information content (AvgIpc) is 2.61. The van der Waals surface area contributed by atoms with Crippen LogP contribution in [-0.4, -0.2) is 13.1 Å². The topological polar surface area (TPSA) is 15.3 Å². The molecule has 4 heteroatoms. The fraction of sp³-hybridized carbons (Fsp3) is 0.250. The van der Waals surface area contributed by atoms with Crippen LogP contribution in [0.5, 0.6) is 0 Å².